The molecule has 1 aliphatic rings. The number of hydrogen-bond acceptors (Lipinski definition) is 4. The second-order valence-electron chi connectivity index (χ2n) is 6.20. The van der Waals surface area contributed by atoms with Gasteiger partial charge in [-0.2, -0.15) is 0 Å². The summed E-state index contributed by atoms with van der Waals surface area (Å²) in [6.45, 7) is 5.69. The highest BCUT2D eigenvalue weighted by molar-refractivity contribution is 7.92. The summed E-state index contributed by atoms with van der Waals surface area (Å²) in [6, 6.07) is -0.0911. The highest BCUT2D eigenvalue weighted by Crippen LogP contribution is 2.49. The predicted octanol–water partition coefficient (Wildman–Crippen LogP) is 0.817. The molecule has 0 saturated heterocycles. The molecule has 1 saturated carbocycles. The van der Waals surface area contributed by atoms with Crippen molar-refractivity contribution in [3.8, 4) is 0 Å². The number of aliphatic carboxylic acids is 1. The first-order valence-electron chi connectivity index (χ1n) is 6.77. The van der Waals surface area contributed by atoms with Crippen LogP contribution in [0.5, 0.6) is 0 Å². The van der Waals surface area contributed by atoms with Gasteiger partial charge in [-0.25, -0.2) is 8.42 Å². The van der Waals surface area contributed by atoms with Gasteiger partial charge < -0.3 is 10.4 Å². The monoisotopic (exact) mass is 305 g/mol. The molecule has 7 heteroatoms. The average molecular weight is 305 g/mol. The lowest BCUT2D eigenvalue weighted by Gasteiger charge is -2.18. The Morgan fingerprint density at radius 2 is 1.80 bits per heavy atom. The Bertz CT molecular complexity index is 479. The molecule has 6 nitrogen and oxygen atoms in total. The van der Waals surface area contributed by atoms with Crippen LogP contribution in [0.25, 0.3) is 0 Å². The second-order valence-corrected chi connectivity index (χ2v) is 8.27. The maximum Gasteiger partial charge on any atom is 0.303 e. The van der Waals surface area contributed by atoms with E-state index in [0.717, 1.165) is 0 Å². The molecule has 0 radical (unpaired) electrons. The molecule has 0 aromatic carbocycles. The Kier molecular flexibility index (Phi) is 5.18. The van der Waals surface area contributed by atoms with E-state index in [1.807, 2.05) is 20.8 Å². The molecule has 0 heterocycles. The molecule has 20 heavy (non-hydrogen) atoms. The average Bonchev–Trinajstić information content (AvgIpc) is 2.93. The van der Waals surface area contributed by atoms with E-state index in [9.17, 15) is 18.0 Å². The maximum atomic E-state index is 12.0. The molecule has 0 aromatic rings. The third-order valence-electron chi connectivity index (χ3n) is 3.75. The van der Waals surface area contributed by atoms with E-state index < -0.39 is 32.9 Å². The van der Waals surface area contributed by atoms with Crippen LogP contribution in [-0.4, -0.2) is 42.9 Å². The van der Waals surface area contributed by atoms with Crippen molar-refractivity contribution in [1.82, 2.24) is 5.32 Å². The van der Waals surface area contributed by atoms with Crippen molar-refractivity contribution >= 4 is 21.7 Å². The summed E-state index contributed by atoms with van der Waals surface area (Å²) in [5, 5.41) is 11.4. The van der Waals surface area contributed by atoms with Crippen LogP contribution in [0.15, 0.2) is 0 Å². The topological polar surface area (TPSA) is 101 Å². The first kappa shape index (κ1) is 16.9. The SMILES string of the molecule is CC(C)C(C)NC(=O)CS(=O)(=O)CC1(CC(=O)O)CC1. The van der Waals surface area contributed by atoms with E-state index >= 15 is 0 Å². The van der Waals surface area contributed by atoms with Crippen LogP contribution < -0.4 is 5.32 Å². The molecule has 1 amide bonds. The van der Waals surface area contributed by atoms with Gasteiger partial charge in [-0.3, -0.25) is 9.59 Å². The first-order chi connectivity index (χ1) is 9.05. The molecule has 116 valence electrons. The summed E-state index contributed by atoms with van der Waals surface area (Å²) < 4.78 is 24.0. The largest absolute Gasteiger partial charge is 0.481 e. The second kappa shape index (κ2) is 6.11. The molecule has 1 rings (SSSR count). The third kappa shape index (κ3) is 5.48. The zero-order chi connectivity index (χ0) is 15.6. The summed E-state index contributed by atoms with van der Waals surface area (Å²) in [6.07, 6.45) is 1.06. The Morgan fingerprint density at radius 1 is 1.25 bits per heavy atom. The predicted molar refractivity (Wildman–Crippen MR) is 75.0 cm³/mol. The summed E-state index contributed by atoms with van der Waals surface area (Å²) in [4.78, 5) is 22.4. The minimum Gasteiger partial charge on any atom is -0.481 e. The molecule has 1 atom stereocenters. The number of sulfone groups is 1. The Morgan fingerprint density at radius 3 is 2.20 bits per heavy atom. The minimum absolute atomic E-state index is 0.0911. The standard InChI is InChI=1S/C13H23NO5S/c1-9(2)10(3)14-11(15)7-20(18,19)8-13(4-5-13)6-12(16)17/h9-10H,4-8H2,1-3H3,(H,14,15)(H,16,17). The molecule has 1 unspecified atom stereocenters. The Balaban J connectivity index is 2.54. The number of carbonyl (C=O) groups excluding carboxylic acids is 1. The fourth-order valence-corrected chi connectivity index (χ4v) is 3.96. The van der Waals surface area contributed by atoms with Gasteiger partial charge >= 0.3 is 5.97 Å². The molecular weight excluding hydrogens is 282 g/mol. The van der Waals surface area contributed by atoms with Crippen molar-refractivity contribution in [2.45, 2.75) is 46.1 Å². The fourth-order valence-electron chi connectivity index (χ4n) is 2.05. The van der Waals surface area contributed by atoms with Crippen LogP contribution in [0.1, 0.15) is 40.0 Å². The lowest BCUT2D eigenvalue weighted by molar-refractivity contribution is -0.138. The number of carbonyl (C=O) groups is 2. The summed E-state index contributed by atoms with van der Waals surface area (Å²) in [7, 11) is -3.57. The zero-order valence-corrected chi connectivity index (χ0v) is 13.0. The van der Waals surface area contributed by atoms with E-state index in [4.69, 9.17) is 5.11 Å². The molecule has 0 aromatic heterocycles. The third-order valence-corrected chi connectivity index (χ3v) is 5.50. The zero-order valence-electron chi connectivity index (χ0n) is 12.2. The number of carboxylic acids is 1. The van der Waals surface area contributed by atoms with Crippen LogP contribution in [0, 0.1) is 11.3 Å². The van der Waals surface area contributed by atoms with E-state index in [2.05, 4.69) is 5.32 Å². The van der Waals surface area contributed by atoms with Gasteiger partial charge in [0, 0.05) is 6.04 Å². The van der Waals surface area contributed by atoms with E-state index in [-0.39, 0.29) is 24.1 Å². The molecular formula is C13H23NO5S. The summed E-state index contributed by atoms with van der Waals surface area (Å²) in [5.74, 6) is -2.06. The van der Waals surface area contributed by atoms with Crippen molar-refractivity contribution in [3.05, 3.63) is 0 Å². The summed E-state index contributed by atoms with van der Waals surface area (Å²) in [5.41, 5.74) is -0.644. The van der Waals surface area contributed by atoms with Crippen LogP contribution in [0.3, 0.4) is 0 Å². The van der Waals surface area contributed by atoms with Crippen molar-refractivity contribution in [2.24, 2.45) is 11.3 Å². The highest BCUT2D eigenvalue weighted by Gasteiger charge is 2.47. The van der Waals surface area contributed by atoms with Gasteiger partial charge in [0.25, 0.3) is 0 Å². The van der Waals surface area contributed by atoms with Crippen molar-refractivity contribution < 1.29 is 23.1 Å². The normalized spacial score (nSPS) is 18.6. The van der Waals surface area contributed by atoms with E-state index in [0.29, 0.717) is 12.8 Å². The molecule has 1 fully saturated rings. The summed E-state index contributed by atoms with van der Waals surface area (Å²) >= 11 is 0. The molecule has 0 spiro atoms. The lowest BCUT2D eigenvalue weighted by atomic mass is 10.1. The quantitative estimate of drug-likeness (QED) is 0.691. The number of rotatable bonds is 8. The molecule has 0 aliphatic heterocycles. The van der Waals surface area contributed by atoms with Crippen LogP contribution in [-0.2, 0) is 19.4 Å². The van der Waals surface area contributed by atoms with E-state index in [1.54, 1.807) is 0 Å². The lowest BCUT2D eigenvalue weighted by Crippen LogP contribution is -2.40. The van der Waals surface area contributed by atoms with Crippen LogP contribution in [0.2, 0.25) is 0 Å². The van der Waals surface area contributed by atoms with Gasteiger partial charge in [0.2, 0.25) is 5.91 Å². The number of nitrogens with one attached hydrogen (secondary N) is 1. The van der Waals surface area contributed by atoms with E-state index in [1.165, 1.54) is 0 Å². The van der Waals surface area contributed by atoms with Crippen molar-refractivity contribution in [3.63, 3.8) is 0 Å². The number of amides is 1. The maximum absolute atomic E-state index is 12.0. The van der Waals surface area contributed by atoms with Crippen LogP contribution >= 0.6 is 0 Å². The van der Waals surface area contributed by atoms with Gasteiger partial charge in [0.1, 0.15) is 5.75 Å². The van der Waals surface area contributed by atoms with Gasteiger partial charge in [-0.15, -0.1) is 0 Å². The van der Waals surface area contributed by atoms with Gasteiger partial charge in [-0.1, -0.05) is 13.8 Å². The molecule has 0 bridgehead atoms. The van der Waals surface area contributed by atoms with Crippen LogP contribution in [0.4, 0.5) is 0 Å². The van der Waals surface area contributed by atoms with Gasteiger partial charge in [-0.05, 0) is 31.1 Å². The van der Waals surface area contributed by atoms with Crippen molar-refractivity contribution in [2.75, 3.05) is 11.5 Å². The van der Waals surface area contributed by atoms with Crippen molar-refractivity contribution in [1.29, 1.82) is 0 Å². The Labute approximate surface area is 119 Å². The number of hydrogen-bond donors (Lipinski definition) is 2. The van der Waals surface area contributed by atoms with Gasteiger partial charge in [0.15, 0.2) is 9.84 Å². The molecule has 2 N–H and O–H groups in total. The Hall–Kier alpha value is -1.11. The minimum atomic E-state index is -3.57. The highest BCUT2D eigenvalue weighted by atomic mass is 32.2. The number of carboxylic acid groups (broad SMARTS) is 1. The first-order valence-corrected chi connectivity index (χ1v) is 8.59. The molecule has 1 aliphatic carbocycles. The smallest absolute Gasteiger partial charge is 0.303 e. The van der Waals surface area contributed by atoms with Gasteiger partial charge in [0.05, 0.1) is 12.2 Å². The fraction of sp³-hybridized carbons (Fsp3) is 0.846.